The molecule has 0 amide bonds. The lowest BCUT2D eigenvalue weighted by Crippen LogP contribution is -2.46. The molecule has 1 aliphatic heterocycles. The van der Waals surface area contributed by atoms with Crippen LogP contribution in [0, 0.1) is 5.92 Å². The van der Waals surface area contributed by atoms with Crippen LogP contribution >= 0.6 is 11.3 Å². The molecule has 0 aliphatic carbocycles. The molecule has 4 nitrogen and oxygen atoms in total. The van der Waals surface area contributed by atoms with Crippen molar-refractivity contribution in [2.24, 2.45) is 5.92 Å². The summed E-state index contributed by atoms with van der Waals surface area (Å²) < 4.78 is 0. The lowest BCUT2D eigenvalue weighted by atomic mass is 10.2. The summed E-state index contributed by atoms with van der Waals surface area (Å²) in [5.41, 5.74) is 1.24. The van der Waals surface area contributed by atoms with E-state index in [0.29, 0.717) is 0 Å². The first-order chi connectivity index (χ1) is 9.67. The van der Waals surface area contributed by atoms with Crippen molar-refractivity contribution in [1.29, 1.82) is 0 Å². The summed E-state index contributed by atoms with van der Waals surface area (Å²) >= 11 is 1.78. The molecule has 1 saturated heterocycles. The van der Waals surface area contributed by atoms with Gasteiger partial charge in [-0.3, -0.25) is 4.90 Å². The normalized spacial score (nSPS) is 18.0. The van der Waals surface area contributed by atoms with Crippen molar-refractivity contribution in [3.05, 3.63) is 16.1 Å². The van der Waals surface area contributed by atoms with Crippen molar-refractivity contribution in [1.82, 2.24) is 20.1 Å². The van der Waals surface area contributed by atoms with Crippen LogP contribution < -0.4 is 5.32 Å². The van der Waals surface area contributed by atoms with E-state index < -0.39 is 0 Å². The number of piperazine rings is 1. The van der Waals surface area contributed by atoms with E-state index in [1.54, 1.807) is 11.3 Å². The molecule has 1 aliphatic rings. The summed E-state index contributed by atoms with van der Waals surface area (Å²) in [6.07, 6.45) is 0. The number of thiazole rings is 1. The Morgan fingerprint density at radius 1 is 1.25 bits per heavy atom. The molecule has 1 fully saturated rings. The number of hydrogen-bond donors (Lipinski definition) is 1. The van der Waals surface area contributed by atoms with Gasteiger partial charge in [0, 0.05) is 51.2 Å². The zero-order valence-electron chi connectivity index (χ0n) is 13.1. The van der Waals surface area contributed by atoms with Crippen molar-refractivity contribution in [3.8, 4) is 0 Å². The molecule has 0 spiro atoms. The van der Waals surface area contributed by atoms with Gasteiger partial charge in [-0.05, 0) is 12.5 Å². The van der Waals surface area contributed by atoms with E-state index in [9.17, 15) is 0 Å². The van der Waals surface area contributed by atoms with E-state index >= 15 is 0 Å². The molecule has 2 heterocycles. The van der Waals surface area contributed by atoms with Gasteiger partial charge in [0.15, 0.2) is 0 Å². The van der Waals surface area contributed by atoms with E-state index in [-0.39, 0.29) is 0 Å². The Hall–Kier alpha value is -0.490. The second-order valence-electron chi connectivity index (χ2n) is 5.98. The lowest BCUT2D eigenvalue weighted by Gasteiger charge is -2.35. The minimum atomic E-state index is 0.772. The molecular weight excluding hydrogens is 268 g/mol. The zero-order chi connectivity index (χ0) is 14.4. The average Bonchev–Trinajstić information content (AvgIpc) is 2.86. The fraction of sp³-hybridized carbons (Fsp3) is 0.800. The SMILES string of the molecule is CCNCc1nc(CN2CCN(CC(C)C)CC2)cs1. The van der Waals surface area contributed by atoms with Gasteiger partial charge in [-0.1, -0.05) is 20.8 Å². The Morgan fingerprint density at radius 3 is 2.60 bits per heavy atom. The van der Waals surface area contributed by atoms with E-state index in [1.807, 2.05) is 0 Å². The van der Waals surface area contributed by atoms with E-state index in [0.717, 1.165) is 25.6 Å². The molecule has 2 rings (SSSR count). The van der Waals surface area contributed by atoms with Crippen molar-refractivity contribution in [2.45, 2.75) is 33.9 Å². The van der Waals surface area contributed by atoms with Crippen molar-refractivity contribution >= 4 is 11.3 Å². The molecule has 0 atom stereocenters. The molecule has 0 radical (unpaired) electrons. The number of rotatable bonds is 7. The molecule has 1 aromatic heterocycles. The Morgan fingerprint density at radius 2 is 1.95 bits per heavy atom. The molecule has 114 valence electrons. The Bertz CT molecular complexity index is 383. The molecule has 1 aromatic rings. The molecular formula is C15H28N4S. The van der Waals surface area contributed by atoms with Gasteiger partial charge in [-0.25, -0.2) is 4.98 Å². The van der Waals surface area contributed by atoms with Gasteiger partial charge in [0.2, 0.25) is 0 Å². The van der Waals surface area contributed by atoms with Gasteiger partial charge in [0.1, 0.15) is 5.01 Å². The predicted molar refractivity (Wildman–Crippen MR) is 86.0 cm³/mol. The molecule has 0 aromatic carbocycles. The van der Waals surface area contributed by atoms with E-state index in [4.69, 9.17) is 4.98 Å². The van der Waals surface area contributed by atoms with E-state index in [1.165, 1.54) is 43.4 Å². The van der Waals surface area contributed by atoms with Crippen LogP contribution in [0.1, 0.15) is 31.5 Å². The Balaban J connectivity index is 1.73. The molecule has 1 N–H and O–H groups in total. The van der Waals surface area contributed by atoms with Crippen LogP contribution in [0.25, 0.3) is 0 Å². The van der Waals surface area contributed by atoms with Crippen LogP contribution in [0.15, 0.2) is 5.38 Å². The topological polar surface area (TPSA) is 31.4 Å². The lowest BCUT2D eigenvalue weighted by molar-refractivity contribution is 0.116. The number of aromatic nitrogens is 1. The van der Waals surface area contributed by atoms with Crippen molar-refractivity contribution < 1.29 is 0 Å². The second-order valence-corrected chi connectivity index (χ2v) is 6.93. The van der Waals surface area contributed by atoms with Crippen LogP contribution in [-0.4, -0.2) is 54.1 Å². The van der Waals surface area contributed by atoms with Gasteiger partial charge in [0.25, 0.3) is 0 Å². The zero-order valence-corrected chi connectivity index (χ0v) is 13.9. The standard InChI is InChI=1S/C15H28N4S/c1-4-16-9-15-17-14(12-20-15)11-19-7-5-18(6-8-19)10-13(2)3/h12-13,16H,4-11H2,1-3H3. The smallest absolute Gasteiger partial charge is 0.107 e. The second kappa shape index (κ2) is 8.08. The summed E-state index contributed by atoms with van der Waals surface area (Å²) in [7, 11) is 0. The minimum absolute atomic E-state index is 0.772. The van der Waals surface area contributed by atoms with Gasteiger partial charge in [-0.15, -0.1) is 11.3 Å². The summed E-state index contributed by atoms with van der Waals surface area (Å²) in [4.78, 5) is 9.82. The molecule has 5 heteroatoms. The maximum Gasteiger partial charge on any atom is 0.107 e. The van der Waals surface area contributed by atoms with Crippen molar-refractivity contribution in [3.63, 3.8) is 0 Å². The Labute approximate surface area is 127 Å². The summed E-state index contributed by atoms with van der Waals surface area (Å²) in [5, 5.41) is 6.76. The summed E-state index contributed by atoms with van der Waals surface area (Å²) in [6.45, 7) is 15.6. The van der Waals surface area contributed by atoms with Gasteiger partial charge in [0.05, 0.1) is 5.69 Å². The van der Waals surface area contributed by atoms with Gasteiger partial charge < -0.3 is 10.2 Å². The average molecular weight is 296 g/mol. The molecule has 0 bridgehead atoms. The largest absolute Gasteiger partial charge is 0.311 e. The predicted octanol–water partition coefficient (Wildman–Crippen LogP) is 2.03. The van der Waals surface area contributed by atoms with Gasteiger partial charge in [-0.2, -0.15) is 0 Å². The highest BCUT2D eigenvalue weighted by Crippen LogP contribution is 2.13. The number of nitrogens with zero attached hydrogens (tertiary/aromatic N) is 3. The fourth-order valence-corrected chi connectivity index (χ4v) is 3.36. The summed E-state index contributed by atoms with van der Waals surface area (Å²) in [6, 6.07) is 0. The van der Waals surface area contributed by atoms with Crippen LogP contribution in [0.2, 0.25) is 0 Å². The fourth-order valence-electron chi connectivity index (χ4n) is 2.61. The highest BCUT2D eigenvalue weighted by atomic mass is 32.1. The van der Waals surface area contributed by atoms with Crippen molar-refractivity contribution in [2.75, 3.05) is 39.3 Å². The maximum atomic E-state index is 4.71. The first-order valence-electron chi connectivity index (χ1n) is 7.76. The molecule has 0 unspecified atom stereocenters. The quantitative estimate of drug-likeness (QED) is 0.834. The third-order valence-electron chi connectivity index (χ3n) is 3.60. The highest BCUT2D eigenvalue weighted by molar-refractivity contribution is 7.09. The molecule has 0 saturated carbocycles. The highest BCUT2D eigenvalue weighted by Gasteiger charge is 2.18. The van der Waals surface area contributed by atoms with Gasteiger partial charge >= 0.3 is 0 Å². The van der Waals surface area contributed by atoms with Crippen LogP contribution in [0.3, 0.4) is 0 Å². The minimum Gasteiger partial charge on any atom is -0.311 e. The maximum absolute atomic E-state index is 4.71. The first kappa shape index (κ1) is 15.9. The first-order valence-corrected chi connectivity index (χ1v) is 8.64. The third kappa shape index (κ3) is 5.13. The summed E-state index contributed by atoms with van der Waals surface area (Å²) in [5.74, 6) is 0.772. The number of hydrogen-bond acceptors (Lipinski definition) is 5. The van der Waals surface area contributed by atoms with Crippen LogP contribution in [0.5, 0.6) is 0 Å². The Kier molecular flexibility index (Phi) is 6.42. The number of nitrogens with one attached hydrogen (secondary N) is 1. The van der Waals surface area contributed by atoms with Crippen LogP contribution in [-0.2, 0) is 13.1 Å². The van der Waals surface area contributed by atoms with Crippen LogP contribution in [0.4, 0.5) is 0 Å². The van der Waals surface area contributed by atoms with E-state index in [2.05, 4.69) is 41.3 Å². The monoisotopic (exact) mass is 296 g/mol. The molecule has 20 heavy (non-hydrogen) atoms. The third-order valence-corrected chi connectivity index (χ3v) is 4.50.